The van der Waals surface area contributed by atoms with Crippen LogP contribution in [-0.4, -0.2) is 16.9 Å². The van der Waals surface area contributed by atoms with Crippen LogP contribution in [0.1, 0.15) is 16.7 Å². The largest absolute Gasteiger partial charge is 0.489 e. The molecule has 1 fully saturated rings. The molecule has 0 saturated carbocycles. The van der Waals surface area contributed by atoms with Crippen molar-refractivity contribution in [3.63, 3.8) is 0 Å². The zero-order valence-corrected chi connectivity index (χ0v) is 21.4. The molecule has 0 aromatic heterocycles. The Morgan fingerprint density at radius 1 is 1.09 bits per heavy atom. The lowest BCUT2D eigenvalue weighted by Crippen LogP contribution is -2.54. The Balaban J connectivity index is 1.62. The van der Waals surface area contributed by atoms with Gasteiger partial charge in [0, 0.05) is 3.57 Å². The van der Waals surface area contributed by atoms with E-state index in [1.54, 1.807) is 24.3 Å². The van der Waals surface area contributed by atoms with Gasteiger partial charge in [0.05, 0.1) is 5.69 Å². The average molecular weight is 598 g/mol. The number of para-hydroxylation sites is 1. The molecule has 0 radical (unpaired) electrons. The number of benzene rings is 3. The zero-order chi connectivity index (χ0) is 24.9. The highest BCUT2D eigenvalue weighted by atomic mass is 127. The van der Waals surface area contributed by atoms with Crippen LogP contribution in [0.2, 0.25) is 0 Å². The fraction of sp³-hybridized carbons (Fsp3) is 0.0741. The molecule has 8 heteroatoms. The Morgan fingerprint density at radius 3 is 2.54 bits per heavy atom. The molecular formula is C27H20FIN2O3S. The van der Waals surface area contributed by atoms with E-state index in [1.807, 2.05) is 30.3 Å². The molecule has 176 valence electrons. The molecule has 3 aromatic carbocycles. The second-order valence-corrected chi connectivity index (χ2v) is 9.32. The van der Waals surface area contributed by atoms with E-state index >= 15 is 0 Å². The van der Waals surface area contributed by atoms with Crippen molar-refractivity contribution in [2.75, 3.05) is 4.90 Å². The van der Waals surface area contributed by atoms with Crippen molar-refractivity contribution in [1.29, 1.82) is 0 Å². The normalized spacial score (nSPS) is 14.7. The molecule has 0 atom stereocenters. The number of nitrogens with zero attached hydrogens (tertiary/aromatic N) is 1. The molecule has 3 aromatic rings. The van der Waals surface area contributed by atoms with Crippen LogP contribution in [0.3, 0.4) is 0 Å². The van der Waals surface area contributed by atoms with E-state index in [0.29, 0.717) is 24.3 Å². The van der Waals surface area contributed by atoms with Crippen LogP contribution < -0.4 is 15.0 Å². The van der Waals surface area contributed by atoms with E-state index < -0.39 is 17.6 Å². The van der Waals surface area contributed by atoms with Gasteiger partial charge in [-0.3, -0.25) is 14.9 Å². The number of hydrogen-bond acceptors (Lipinski definition) is 4. The van der Waals surface area contributed by atoms with E-state index in [2.05, 4.69) is 34.5 Å². The summed E-state index contributed by atoms with van der Waals surface area (Å²) in [5, 5.41) is 2.30. The molecule has 0 spiro atoms. The number of hydrogen-bond donors (Lipinski definition) is 1. The molecule has 1 saturated heterocycles. The lowest BCUT2D eigenvalue weighted by Gasteiger charge is -2.29. The van der Waals surface area contributed by atoms with E-state index in [9.17, 15) is 14.0 Å². The van der Waals surface area contributed by atoms with E-state index in [4.69, 9.17) is 17.0 Å². The van der Waals surface area contributed by atoms with E-state index in [1.165, 1.54) is 24.3 Å². The Bertz CT molecular complexity index is 1350. The van der Waals surface area contributed by atoms with Gasteiger partial charge >= 0.3 is 0 Å². The summed E-state index contributed by atoms with van der Waals surface area (Å²) in [6.07, 6.45) is 3.74. The minimum Gasteiger partial charge on any atom is -0.489 e. The van der Waals surface area contributed by atoms with Gasteiger partial charge in [0.2, 0.25) is 0 Å². The molecule has 1 aliphatic rings. The van der Waals surface area contributed by atoms with E-state index in [-0.39, 0.29) is 16.4 Å². The topological polar surface area (TPSA) is 58.6 Å². The summed E-state index contributed by atoms with van der Waals surface area (Å²) in [7, 11) is 0. The van der Waals surface area contributed by atoms with Crippen LogP contribution in [0, 0.1) is 9.39 Å². The Kier molecular flexibility index (Phi) is 7.72. The summed E-state index contributed by atoms with van der Waals surface area (Å²) in [5.41, 5.74) is 2.32. The smallest absolute Gasteiger partial charge is 0.270 e. The number of halogens is 2. The highest BCUT2D eigenvalue weighted by molar-refractivity contribution is 14.1. The third kappa shape index (κ3) is 5.66. The molecule has 0 aliphatic carbocycles. The summed E-state index contributed by atoms with van der Waals surface area (Å²) in [6, 6.07) is 19.2. The van der Waals surface area contributed by atoms with Crippen LogP contribution >= 0.6 is 34.8 Å². The van der Waals surface area contributed by atoms with E-state index in [0.717, 1.165) is 19.6 Å². The first kappa shape index (κ1) is 24.7. The quantitative estimate of drug-likeness (QED) is 0.127. The van der Waals surface area contributed by atoms with Gasteiger partial charge in [-0.15, -0.1) is 6.58 Å². The van der Waals surface area contributed by atoms with Gasteiger partial charge in [-0.25, -0.2) is 9.29 Å². The SMILES string of the molecule is C=CCc1cc(/C=C2\C(=O)NC(=S)N(c3ccccc3F)C2=O)ccc1OCc1ccc(I)cc1. The summed E-state index contributed by atoms with van der Waals surface area (Å²) < 4.78 is 21.5. The molecule has 4 rings (SSSR count). The van der Waals surface area contributed by atoms with Crippen molar-refractivity contribution >= 4 is 63.5 Å². The lowest BCUT2D eigenvalue weighted by atomic mass is 10.0. The van der Waals surface area contributed by atoms with Crippen molar-refractivity contribution in [3.8, 4) is 5.75 Å². The molecule has 5 nitrogen and oxygen atoms in total. The first-order valence-electron chi connectivity index (χ1n) is 10.6. The molecule has 1 heterocycles. The first-order valence-corrected chi connectivity index (χ1v) is 12.1. The first-order chi connectivity index (χ1) is 16.9. The van der Waals surface area contributed by atoms with Crippen LogP contribution in [0.15, 0.2) is 85.0 Å². The number of allylic oxidation sites excluding steroid dienone is 1. The predicted octanol–water partition coefficient (Wildman–Crippen LogP) is 5.57. The Morgan fingerprint density at radius 2 is 1.83 bits per heavy atom. The van der Waals surface area contributed by atoms with Gasteiger partial charge in [-0.2, -0.15) is 0 Å². The van der Waals surface area contributed by atoms with Crippen molar-refractivity contribution in [1.82, 2.24) is 5.32 Å². The fourth-order valence-corrected chi connectivity index (χ4v) is 4.20. The molecule has 0 unspecified atom stereocenters. The maximum Gasteiger partial charge on any atom is 0.270 e. The molecule has 1 N–H and O–H groups in total. The molecule has 2 amide bonds. The zero-order valence-electron chi connectivity index (χ0n) is 18.5. The molecule has 1 aliphatic heterocycles. The van der Waals surface area contributed by atoms with Crippen LogP contribution in [0.4, 0.5) is 10.1 Å². The minimum atomic E-state index is -0.701. The van der Waals surface area contributed by atoms with Gasteiger partial charge in [-0.05, 0) is 100 Å². The fourth-order valence-electron chi connectivity index (χ4n) is 3.56. The standard InChI is InChI=1S/C27H20FIN2O3S/c1-2-5-19-14-18(10-13-24(19)34-16-17-8-11-20(29)12-9-17)15-21-25(32)30-27(35)31(26(21)33)23-7-4-3-6-22(23)28/h2-4,6-15H,1,5,16H2,(H,30,32,35)/b21-15+. The van der Waals surface area contributed by atoms with Crippen LogP contribution in [0.5, 0.6) is 5.75 Å². The Hall–Kier alpha value is -3.37. The van der Waals surface area contributed by atoms with Gasteiger partial charge < -0.3 is 4.74 Å². The van der Waals surface area contributed by atoms with Crippen molar-refractivity contribution in [3.05, 3.63) is 111 Å². The molecular weight excluding hydrogens is 578 g/mol. The number of anilines is 1. The van der Waals surface area contributed by atoms with Crippen molar-refractivity contribution in [2.45, 2.75) is 13.0 Å². The van der Waals surface area contributed by atoms with Gasteiger partial charge in [-0.1, -0.05) is 36.4 Å². The third-order valence-corrected chi connectivity index (χ3v) is 6.27. The summed E-state index contributed by atoms with van der Waals surface area (Å²) in [6.45, 7) is 4.21. The highest BCUT2D eigenvalue weighted by Gasteiger charge is 2.35. The minimum absolute atomic E-state index is 0.0277. The number of thiocarbonyl (C=S) groups is 1. The maximum absolute atomic E-state index is 14.4. The Labute approximate surface area is 221 Å². The number of ether oxygens (including phenoxy) is 1. The summed E-state index contributed by atoms with van der Waals surface area (Å²) >= 11 is 7.39. The lowest BCUT2D eigenvalue weighted by molar-refractivity contribution is -0.122. The monoisotopic (exact) mass is 598 g/mol. The average Bonchev–Trinajstić information content (AvgIpc) is 2.83. The predicted molar refractivity (Wildman–Crippen MR) is 146 cm³/mol. The summed E-state index contributed by atoms with van der Waals surface area (Å²) in [5.74, 6) is -1.29. The summed E-state index contributed by atoms with van der Waals surface area (Å²) in [4.78, 5) is 26.7. The molecule has 0 bridgehead atoms. The van der Waals surface area contributed by atoms with Crippen LogP contribution in [0.25, 0.3) is 6.08 Å². The number of carbonyl (C=O) groups excluding carboxylic acids is 2. The van der Waals surface area contributed by atoms with Crippen LogP contribution in [-0.2, 0) is 22.6 Å². The molecule has 35 heavy (non-hydrogen) atoms. The van der Waals surface area contributed by atoms with Crippen molar-refractivity contribution in [2.24, 2.45) is 0 Å². The number of nitrogens with one attached hydrogen (secondary N) is 1. The number of amides is 2. The highest BCUT2D eigenvalue weighted by Crippen LogP contribution is 2.27. The number of rotatable bonds is 7. The van der Waals surface area contributed by atoms with Gasteiger partial charge in [0.25, 0.3) is 11.8 Å². The second kappa shape index (κ2) is 10.9. The second-order valence-electron chi connectivity index (χ2n) is 7.68. The van der Waals surface area contributed by atoms with Crippen molar-refractivity contribution < 1.29 is 18.7 Å². The number of carbonyl (C=O) groups is 2. The third-order valence-electron chi connectivity index (χ3n) is 5.26. The van der Waals surface area contributed by atoms with Gasteiger partial charge in [0.1, 0.15) is 23.7 Å². The van der Waals surface area contributed by atoms with Gasteiger partial charge in [0.15, 0.2) is 5.11 Å². The maximum atomic E-state index is 14.4.